The SMILES string of the molecule is CC(C)n1ncc2cc(C(=O)OCc3nnc(-c4ccc(Cl)cc4)o3)cnc21. The molecule has 3 heterocycles. The van der Waals surface area contributed by atoms with Crippen molar-refractivity contribution in [2.45, 2.75) is 26.5 Å². The third-order valence-corrected chi connectivity index (χ3v) is 4.29. The molecule has 0 saturated carbocycles. The highest BCUT2D eigenvalue weighted by molar-refractivity contribution is 6.30. The van der Waals surface area contributed by atoms with Crippen LogP contribution in [0.25, 0.3) is 22.5 Å². The molecule has 28 heavy (non-hydrogen) atoms. The van der Waals surface area contributed by atoms with Gasteiger partial charge in [-0.25, -0.2) is 14.5 Å². The fraction of sp³-hybridized carbons (Fsp3) is 0.211. The number of nitrogens with zero attached hydrogens (tertiary/aromatic N) is 5. The highest BCUT2D eigenvalue weighted by Crippen LogP contribution is 2.21. The number of ether oxygens (including phenoxy) is 1. The molecular formula is C19H16ClN5O3. The number of fused-ring (bicyclic) bond motifs is 1. The zero-order valence-electron chi connectivity index (χ0n) is 15.2. The largest absolute Gasteiger partial charge is 0.452 e. The maximum Gasteiger partial charge on any atom is 0.340 e. The fourth-order valence-electron chi connectivity index (χ4n) is 2.66. The Kier molecular flexibility index (Phi) is 4.79. The summed E-state index contributed by atoms with van der Waals surface area (Å²) in [5, 5.41) is 13.5. The van der Waals surface area contributed by atoms with Gasteiger partial charge < -0.3 is 9.15 Å². The highest BCUT2D eigenvalue weighted by atomic mass is 35.5. The first-order chi connectivity index (χ1) is 13.5. The average Bonchev–Trinajstić information content (AvgIpc) is 3.33. The van der Waals surface area contributed by atoms with Crippen LogP contribution in [0.1, 0.15) is 36.1 Å². The summed E-state index contributed by atoms with van der Waals surface area (Å²) in [5.74, 6) is -0.00944. The van der Waals surface area contributed by atoms with Gasteiger partial charge in [-0.3, -0.25) is 0 Å². The molecule has 0 fully saturated rings. The van der Waals surface area contributed by atoms with Crippen LogP contribution < -0.4 is 0 Å². The number of aromatic nitrogens is 5. The number of benzene rings is 1. The van der Waals surface area contributed by atoms with E-state index in [0.29, 0.717) is 16.5 Å². The Morgan fingerprint density at radius 2 is 2.00 bits per heavy atom. The van der Waals surface area contributed by atoms with Gasteiger partial charge in [0.05, 0.1) is 11.8 Å². The van der Waals surface area contributed by atoms with E-state index in [-0.39, 0.29) is 18.5 Å². The normalized spacial score (nSPS) is 11.3. The van der Waals surface area contributed by atoms with Gasteiger partial charge in [0.15, 0.2) is 12.3 Å². The number of hydrogen-bond donors (Lipinski definition) is 0. The lowest BCUT2D eigenvalue weighted by molar-refractivity contribution is 0.0438. The number of pyridine rings is 1. The van der Waals surface area contributed by atoms with Crippen molar-refractivity contribution in [1.29, 1.82) is 0 Å². The Morgan fingerprint density at radius 1 is 1.21 bits per heavy atom. The molecule has 0 saturated heterocycles. The summed E-state index contributed by atoms with van der Waals surface area (Å²) >= 11 is 5.87. The molecule has 0 N–H and O–H groups in total. The molecule has 0 spiro atoms. The van der Waals surface area contributed by atoms with Gasteiger partial charge in [-0.05, 0) is 44.2 Å². The summed E-state index contributed by atoms with van der Waals surface area (Å²) in [5.41, 5.74) is 1.77. The van der Waals surface area contributed by atoms with E-state index in [1.807, 2.05) is 13.8 Å². The van der Waals surface area contributed by atoms with Crippen LogP contribution >= 0.6 is 11.6 Å². The van der Waals surface area contributed by atoms with Crippen molar-refractivity contribution in [2.75, 3.05) is 0 Å². The van der Waals surface area contributed by atoms with Crippen LogP contribution in [0, 0.1) is 0 Å². The Hall–Kier alpha value is -3.26. The molecule has 0 radical (unpaired) electrons. The van der Waals surface area contributed by atoms with Crippen LogP contribution in [-0.2, 0) is 11.3 Å². The molecule has 0 atom stereocenters. The van der Waals surface area contributed by atoms with Gasteiger partial charge in [0.1, 0.15) is 0 Å². The first-order valence-corrected chi connectivity index (χ1v) is 8.98. The molecule has 8 nitrogen and oxygen atoms in total. The molecule has 4 aromatic rings. The van der Waals surface area contributed by atoms with Crippen LogP contribution in [0.5, 0.6) is 0 Å². The number of esters is 1. The molecule has 142 valence electrons. The fourth-order valence-corrected chi connectivity index (χ4v) is 2.79. The Bertz CT molecular complexity index is 1130. The summed E-state index contributed by atoms with van der Waals surface area (Å²) in [4.78, 5) is 16.6. The second-order valence-corrected chi connectivity index (χ2v) is 6.84. The van der Waals surface area contributed by atoms with Crippen molar-refractivity contribution in [3.8, 4) is 11.5 Å². The lowest BCUT2D eigenvalue weighted by Crippen LogP contribution is -2.07. The number of hydrogen-bond acceptors (Lipinski definition) is 7. The summed E-state index contributed by atoms with van der Waals surface area (Å²) in [6, 6.07) is 8.86. The molecule has 4 rings (SSSR count). The molecule has 0 aliphatic rings. The first kappa shape index (κ1) is 18.1. The maximum atomic E-state index is 12.3. The molecular weight excluding hydrogens is 382 g/mol. The summed E-state index contributed by atoms with van der Waals surface area (Å²) in [7, 11) is 0. The molecule has 9 heteroatoms. The topological polar surface area (TPSA) is 95.9 Å². The molecule has 0 amide bonds. The molecule has 3 aromatic heterocycles. The zero-order valence-corrected chi connectivity index (χ0v) is 15.9. The lowest BCUT2D eigenvalue weighted by atomic mass is 10.2. The standard InChI is InChI=1S/C19H16ClN5O3/c1-11(2)25-17-13(9-22-25)7-14(8-21-17)19(26)27-10-16-23-24-18(28-16)12-3-5-15(20)6-4-12/h3-9,11H,10H2,1-2H3. The molecule has 1 aromatic carbocycles. The van der Waals surface area contributed by atoms with Crippen LogP contribution in [0.3, 0.4) is 0 Å². The van der Waals surface area contributed by atoms with Crippen LogP contribution in [0.4, 0.5) is 0 Å². The molecule has 0 bridgehead atoms. The van der Waals surface area contributed by atoms with Crippen LogP contribution in [0.2, 0.25) is 5.02 Å². The van der Waals surface area contributed by atoms with Crippen molar-refractivity contribution in [3.63, 3.8) is 0 Å². The van der Waals surface area contributed by atoms with Gasteiger partial charge in [-0.1, -0.05) is 11.6 Å². The van der Waals surface area contributed by atoms with E-state index >= 15 is 0 Å². The number of carbonyl (C=O) groups is 1. The summed E-state index contributed by atoms with van der Waals surface area (Å²) in [6.07, 6.45) is 3.15. The van der Waals surface area contributed by atoms with Gasteiger partial charge in [-0.2, -0.15) is 5.10 Å². The number of rotatable bonds is 5. The van der Waals surface area contributed by atoms with E-state index in [4.69, 9.17) is 20.8 Å². The molecule has 0 unspecified atom stereocenters. The van der Waals surface area contributed by atoms with Crippen molar-refractivity contribution < 1.29 is 13.9 Å². The average molecular weight is 398 g/mol. The van der Waals surface area contributed by atoms with E-state index < -0.39 is 5.97 Å². The monoisotopic (exact) mass is 397 g/mol. The third kappa shape index (κ3) is 3.59. The summed E-state index contributed by atoms with van der Waals surface area (Å²) in [6.45, 7) is 3.89. The van der Waals surface area contributed by atoms with E-state index in [2.05, 4.69) is 20.3 Å². The minimum absolute atomic E-state index is 0.136. The Labute approximate surface area is 165 Å². The molecule has 0 aliphatic carbocycles. The van der Waals surface area contributed by atoms with Gasteiger partial charge in [0, 0.05) is 28.2 Å². The van der Waals surface area contributed by atoms with E-state index in [0.717, 1.165) is 16.6 Å². The first-order valence-electron chi connectivity index (χ1n) is 8.60. The van der Waals surface area contributed by atoms with Crippen molar-refractivity contribution in [2.24, 2.45) is 0 Å². The second-order valence-electron chi connectivity index (χ2n) is 6.40. The van der Waals surface area contributed by atoms with E-state index in [9.17, 15) is 4.79 Å². The van der Waals surface area contributed by atoms with Crippen LogP contribution in [-0.4, -0.2) is 30.9 Å². The minimum atomic E-state index is -0.530. The number of halogens is 1. The lowest BCUT2D eigenvalue weighted by Gasteiger charge is -2.06. The minimum Gasteiger partial charge on any atom is -0.452 e. The summed E-state index contributed by atoms with van der Waals surface area (Å²) < 4.78 is 12.6. The Balaban J connectivity index is 1.44. The van der Waals surface area contributed by atoms with Gasteiger partial charge in [0.2, 0.25) is 5.89 Å². The predicted molar refractivity (Wildman–Crippen MR) is 102 cm³/mol. The van der Waals surface area contributed by atoms with Crippen molar-refractivity contribution in [1.82, 2.24) is 25.0 Å². The zero-order chi connectivity index (χ0) is 19.7. The highest BCUT2D eigenvalue weighted by Gasteiger charge is 2.15. The van der Waals surface area contributed by atoms with Gasteiger partial charge >= 0.3 is 5.97 Å². The Morgan fingerprint density at radius 3 is 2.75 bits per heavy atom. The van der Waals surface area contributed by atoms with Gasteiger partial charge in [-0.15, -0.1) is 10.2 Å². The predicted octanol–water partition coefficient (Wildman–Crippen LogP) is 4.07. The van der Waals surface area contributed by atoms with E-state index in [1.165, 1.54) is 6.20 Å². The van der Waals surface area contributed by atoms with Crippen molar-refractivity contribution >= 4 is 28.6 Å². The maximum absolute atomic E-state index is 12.3. The van der Waals surface area contributed by atoms with E-state index in [1.54, 1.807) is 41.2 Å². The molecule has 0 aliphatic heterocycles. The smallest absolute Gasteiger partial charge is 0.340 e. The third-order valence-electron chi connectivity index (χ3n) is 4.04. The van der Waals surface area contributed by atoms with Crippen molar-refractivity contribution in [3.05, 3.63) is 59.2 Å². The van der Waals surface area contributed by atoms with Gasteiger partial charge in [0.25, 0.3) is 5.89 Å². The quantitative estimate of drug-likeness (QED) is 0.468. The second kappa shape index (κ2) is 7.40. The van der Waals surface area contributed by atoms with Crippen LogP contribution in [0.15, 0.2) is 47.1 Å². The number of carbonyl (C=O) groups excluding carboxylic acids is 1.